The minimum atomic E-state index is 0.284. The van der Waals surface area contributed by atoms with Gasteiger partial charge in [-0.05, 0) is 23.0 Å². The highest BCUT2D eigenvalue weighted by molar-refractivity contribution is 5.32. The second-order valence-corrected chi connectivity index (χ2v) is 4.26. The van der Waals surface area contributed by atoms with Crippen molar-refractivity contribution in [3.63, 3.8) is 0 Å². The van der Waals surface area contributed by atoms with E-state index < -0.39 is 0 Å². The molecule has 0 aliphatic heterocycles. The standard InChI is InChI=1S/C12H18.C2H6/c1-5-10-8-6-7-9-11(10)12(2,3)4;1-2/h6-9H,5H2,1-4H3;1-2H3. The maximum absolute atomic E-state index is 2.27. The number of aryl methyl sites for hydroxylation is 1. The maximum Gasteiger partial charge on any atom is -0.0129 e. The first kappa shape index (κ1) is 13.2. The Morgan fingerprint density at radius 2 is 1.50 bits per heavy atom. The zero-order valence-electron chi connectivity index (χ0n) is 10.5. The lowest BCUT2D eigenvalue weighted by molar-refractivity contribution is 0.583. The van der Waals surface area contributed by atoms with Crippen molar-refractivity contribution in [2.75, 3.05) is 0 Å². The van der Waals surface area contributed by atoms with Gasteiger partial charge in [0.2, 0.25) is 0 Å². The maximum atomic E-state index is 2.27. The van der Waals surface area contributed by atoms with Gasteiger partial charge in [0.15, 0.2) is 0 Å². The van der Waals surface area contributed by atoms with E-state index in [1.165, 1.54) is 11.1 Å². The lowest BCUT2D eigenvalue weighted by Crippen LogP contribution is -2.13. The molecule has 0 amide bonds. The summed E-state index contributed by atoms with van der Waals surface area (Å²) < 4.78 is 0. The molecule has 0 aromatic heterocycles. The predicted octanol–water partition coefficient (Wildman–Crippen LogP) is 4.57. The molecule has 0 saturated heterocycles. The Labute approximate surface area is 89.4 Å². The molecule has 80 valence electrons. The SMILES string of the molecule is CC.CCc1ccccc1C(C)(C)C. The number of rotatable bonds is 1. The van der Waals surface area contributed by atoms with Crippen LogP contribution in [0.15, 0.2) is 24.3 Å². The molecule has 0 saturated carbocycles. The molecular formula is C14H24. The summed E-state index contributed by atoms with van der Waals surface area (Å²) in [5.41, 5.74) is 3.24. The smallest absolute Gasteiger partial charge is 0.0129 e. The highest BCUT2D eigenvalue weighted by Gasteiger charge is 2.15. The van der Waals surface area contributed by atoms with Gasteiger partial charge in [0.05, 0.1) is 0 Å². The minimum absolute atomic E-state index is 0.284. The second kappa shape index (κ2) is 5.85. The van der Waals surface area contributed by atoms with Crippen LogP contribution < -0.4 is 0 Å². The average Bonchev–Trinajstić information content (AvgIpc) is 2.19. The fourth-order valence-corrected chi connectivity index (χ4v) is 1.56. The second-order valence-electron chi connectivity index (χ2n) is 4.26. The van der Waals surface area contributed by atoms with Gasteiger partial charge >= 0.3 is 0 Å². The van der Waals surface area contributed by atoms with E-state index in [2.05, 4.69) is 52.0 Å². The fourth-order valence-electron chi connectivity index (χ4n) is 1.56. The van der Waals surface area contributed by atoms with Gasteiger partial charge in [-0.25, -0.2) is 0 Å². The molecule has 0 heterocycles. The number of hydrogen-bond donors (Lipinski definition) is 0. The van der Waals surface area contributed by atoms with E-state index in [0.717, 1.165) is 6.42 Å². The van der Waals surface area contributed by atoms with Crippen LogP contribution in [-0.2, 0) is 11.8 Å². The van der Waals surface area contributed by atoms with Crippen molar-refractivity contribution in [1.82, 2.24) is 0 Å². The van der Waals surface area contributed by atoms with Gasteiger partial charge in [-0.3, -0.25) is 0 Å². The van der Waals surface area contributed by atoms with Gasteiger partial charge in [0.1, 0.15) is 0 Å². The molecule has 0 fully saturated rings. The summed E-state index contributed by atoms with van der Waals surface area (Å²) in [4.78, 5) is 0. The third kappa shape index (κ3) is 3.53. The molecule has 0 aliphatic carbocycles. The van der Waals surface area contributed by atoms with E-state index in [0.29, 0.717) is 0 Å². The van der Waals surface area contributed by atoms with Crippen LogP contribution >= 0.6 is 0 Å². The van der Waals surface area contributed by atoms with Crippen molar-refractivity contribution in [2.45, 2.75) is 53.4 Å². The topological polar surface area (TPSA) is 0 Å². The Hall–Kier alpha value is -0.780. The molecule has 1 aromatic rings. The molecule has 0 radical (unpaired) electrons. The van der Waals surface area contributed by atoms with Crippen molar-refractivity contribution < 1.29 is 0 Å². The Bertz CT molecular complexity index is 253. The van der Waals surface area contributed by atoms with Gasteiger partial charge in [0.25, 0.3) is 0 Å². The van der Waals surface area contributed by atoms with Crippen LogP contribution in [0.25, 0.3) is 0 Å². The van der Waals surface area contributed by atoms with Gasteiger partial charge in [-0.2, -0.15) is 0 Å². The van der Waals surface area contributed by atoms with Gasteiger partial charge in [-0.15, -0.1) is 0 Å². The van der Waals surface area contributed by atoms with E-state index in [-0.39, 0.29) is 5.41 Å². The van der Waals surface area contributed by atoms with Crippen LogP contribution in [0.2, 0.25) is 0 Å². The van der Waals surface area contributed by atoms with Crippen LogP contribution in [-0.4, -0.2) is 0 Å². The summed E-state index contributed by atoms with van der Waals surface area (Å²) in [6, 6.07) is 8.70. The van der Waals surface area contributed by atoms with Crippen LogP contribution in [0.5, 0.6) is 0 Å². The quantitative estimate of drug-likeness (QED) is 0.611. The molecule has 1 aromatic carbocycles. The van der Waals surface area contributed by atoms with Crippen LogP contribution in [0.4, 0.5) is 0 Å². The lowest BCUT2D eigenvalue weighted by Gasteiger charge is -2.22. The minimum Gasteiger partial charge on any atom is -0.0683 e. The summed E-state index contributed by atoms with van der Waals surface area (Å²) in [6.07, 6.45) is 1.13. The van der Waals surface area contributed by atoms with E-state index in [4.69, 9.17) is 0 Å². The molecule has 0 spiro atoms. The van der Waals surface area contributed by atoms with E-state index in [1.807, 2.05) is 13.8 Å². The van der Waals surface area contributed by atoms with E-state index in [1.54, 1.807) is 0 Å². The van der Waals surface area contributed by atoms with Crippen molar-refractivity contribution in [3.05, 3.63) is 35.4 Å². The predicted molar refractivity (Wildman–Crippen MR) is 65.9 cm³/mol. The number of hydrogen-bond acceptors (Lipinski definition) is 0. The molecule has 0 N–H and O–H groups in total. The largest absolute Gasteiger partial charge is 0.0683 e. The first-order valence-electron chi connectivity index (χ1n) is 5.64. The van der Waals surface area contributed by atoms with Gasteiger partial charge in [-0.1, -0.05) is 65.8 Å². The fraction of sp³-hybridized carbons (Fsp3) is 0.571. The van der Waals surface area contributed by atoms with E-state index in [9.17, 15) is 0 Å². The molecule has 0 bridgehead atoms. The van der Waals surface area contributed by atoms with Crippen LogP contribution in [0.3, 0.4) is 0 Å². The Morgan fingerprint density at radius 1 is 1.00 bits per heavy atom. The summed E-state index contributed by atoms with van der Waals surface area (Å²) in [6.45, 7) is 13.0. The molecule has 0 aliphatic rings. The van der Waals surface area contributed by atoms with Crippen molar-refractivity contribution >= 4 is 0 Å². The number of benzene rings is 1. The Balaban J connectivity index is 0.000000791. The molecule has 0 unspecified atom stereocenters. The normalized spacial score (nSPS) is 10.4. The molecule has 1 rings (SSSR count). The third-order valence-electron chi connectivity index (χ3n) is 2.21. The Morgan fingerprint density at radius 3 is 1.86 bits per heavy atom. The van der Waals surface area contributed by atoms with Crippen molar-refractivity contribution in [1.29, 1.82) is 0 Å². The van der Waals surface area contributed by atoms with Crippen LogP contribution in [0.1, 0.15) is 52.7 Å². The lowest BCUT2D eigenvalue weighted by atomic mass is 9.83. The van der Waals surface area contributed by atoms with Gasteiger partial charge in [0, 0.05) is 0 Å². The first-order chi connectivity index (χ1) is 6.55. The summed E-state index contributed by atoms with van der Waals surface area (Å²) in [5.74, 6) is 0. The molecular weight excluding hydrogens is 168 g/mol. The van der Waals surface area contributed by atoms with Crippen molar-refractivity contribution in [3.8, 4) is 0 Å². The zero-order chi connectivity index (χ0) is 11.2. The van der Waals surface area contributed by atoms with Crippen molar-refractivity contribution in [2.24, 2.45) is 0 Å². The molecule has 0 atom stereocenters. The first-order valence-corrected chi connectivity index (χ1v) is 5.64. The highest BCUT2D eigenvalue weighted by atomic mass is 14.2. The summed E-state index contributed by atoms with van der Waals surface area (Å²) >= 11 is 0. The Kier molecular flexibility index (Phi) is 5.52. The monoisotopic (exact) mass is 192 g/mol. The van der Waals surface area contributed by atoms with Gasteiger partial charge < -0.3 is 0 Å². The summed E-state index contributed by atoms with van der Waals surface area (Å²) in [7, 11) is 0. The zero-order valence-corrected chi connectivity index (χ0v) is 10.5. The molecule has 0 heteroatoms. The van der Waals surface area contributed by atoms with E-state index >= 15 is 0 Å². The highest BCUT2D eigenvalue weighted by Crippen LogP contribution is 2.25. The third-order valence-corrected chi connectivity index (χ3v) is 2.21. The molecule has 0 nitrogen and oxygen atoms in total. The molecule has 14 heavy (non-hydrogen) atoms. The average molecular weight is 192 g/mol. The summed E-state index contributed by atoms with van der Waals surface area (Å²) in [5, 5.41) is 0. The van der Waals surface area contributed by atoms with Crippen LogP contribution in [0, 0.1) is 0 Å².